The van der Waals surface area contributed by atoms with Crippen LogP contribution in [0.5, 0.6) is 0 Å². The Hall–Kier alpha value is -0.653. The van der Waals surface area contributed by atoms with E-state index in [9.17, 15) is 0 Å². The molecule has 0 saturated heterocycles. The average Bonchev–Trinajstić information content (AvgIpc) is 2.67. The Morgan fingerprint density at radius 3 is 2.20 bits per heavy atom. The maximum absolute atomic E-state index is 6.22. The highest BCUT2D eigenvalue weighted by Crippen LogP contribution is 2.37. The van der Waals surface area contributed by atoms with Crippen LogP contribution in [-0.2, 0) is 28.4 Å². The zero-order valence-corrected chi connectivity index (χ0v) is 15.5. The lowest BCUT2D eigenvalue weighted by Crippen LogP contribution is -2.40. The first kappa shape index (κ1) is 17.4. The molecule has 1 heterocycles. The molecule has 1 aromatic heterocycles. The van der Waals surface area contributed by atoms with Crippen LogP contribution in [0.2, 0.25) is 18.1 Å². The van der Waals surface area contributed by atoms with Gasteiger partial charge < -0.3 is 9.16 Å². The SMILES string of the molecule is COC(C)(C)c1cc(CO[Si](C)(C)C(C)(C)C)nn1C. The van der Waals surface area contributed by atoms with Crippen molar-refractivity contribution in [2.24, 2.45) is 7.05 Å². The fraction of sp³-hybridized carbons (Fsp3) is 0.800. The van der Waals surface area contributed by atoms with Crippen LogP contribution < -0.4 is 0 Å². The molecule has 0 saturated carbocycles. The number of methoxy groups -OCH3 is 1. The molecule has 0 aromatic carbocycles. The van der Waals surface area contributed by atoms with Crippen LogP contribution in [0.1, 0.15) is 46.0 Å². The summed E-state index contributed by atoms with van der Waals surface area (Å²) in [6, 6.07) is 2.08. The van der Waals surface area contributed by atoms with Crippen molar-refractivity contribution in [3.63, 3.8) is 0 Å². The van der Waals surface area contributed by atoms with Gasteiger partial charge in [-0.25, -0.2) is 0 Å². The Balaban J connectivity index is 2.84. The predicted octanol–water partition coefficient (Wildman–Crippen LogP) is 3.82. The van der Waals surface area contributed by atoms with Gasteiger partial charge in [-0.2, -0.15) is 5.10 Å². The third-order valence-electron chi connectivity index (χ3n) is 4.44. The van der Waals surface area contributed by atoms with Gasteiger partial charge in [-0.05, 0) is 38.0 Å². The summed E-state index contributed by atoms with van der Waals surface area (Å²) >= 11 is 0. The average molecular weight is 299 g/mol. The Bertz CT molecular complexity index is 459. The number of aryl methyl sites for hydroxylation is 1. The lowest BCUT2D eigenvalue weighted by atomic mass is 10.1. The lowest BCUT2D eigenvalue weighted by molar-refractivity contribution is 0.0123. The molecule has 0 aliphatic carbocycles. The van der Waals surface area contributed by atoms with Crippen molar-refractivity contribution in [1.29, 1.82) is 0 Å². The predicted molar refractivity (Wildman–Crippen MR) is 85.2 cm³/mol. The van der Waals surface area contributed by atoms with Crippen molar-refractivity contribution >= 4 is 8.32 Å². The molecule has 0 spiro atoms. The van der Waals surface area contributed by atoms with E-state index in [-0.39, 0.29) is 10.6 Å². The van der Waals surface area contributed by atoms with E-state index in [1.165, 1.54) is 0 Å². The van der Waals surface area contributed by atoms with Crippen LogP contribution in [0.25, 0.3) is 0 Å². The molecule has 0 atom stereocenters. The zero-order valence-electron chi connectivity index (χ0n) is 14.5. The summed E-state index contributed by atoms with van der Waals surface area (Å²) in [5, 5.41) is 4.76. The van der Waals surface area contributed by atoms with E-state index >= 15 is 0 Å². The molecule has 1 rings (SSSR count). The lowest BCUT2D eigenvalue weighted by Gasteiger charge is -2.35. The second-order valence-corrected chi connectivity index (χ2v) is 12.2. The Morgan fingerprint density at radius 1 is 1.20 bits per heavy atom. The van der Waals surface area contributed by atoms with Gasteiger partial charge in [0.2, 0.25) is 0 Å². The molecule has 4 nitrogen and oxygen atoms in total. The standard InChI is InChI=1S/C15H30N2O2Si/c1-14(2,3)20(8,9)19-11-12-10-13(17(6)16-12)15(4,5)18-7/h10H,11H2,1-9H3. The Kier molecular flexibility index (Phi) is 4.89. The van der Waals surface area contributed by atoms with E-state index < -0.39 is 8.32 Å². The molecule has 0 aliphatic heterocycles. The quantitative estimate of drug-likeness (QED) is 0.775. The van der Waals surface area contributed by atoms with Gasteiger partial charge in [-0.1, -0.05) is 20.8 Å². The van der Waals surface area contributed by atoms with E-state index in [1.807, 2.05) is 25.6 Å². The van der Waals surface area contributed by atoms with Gasteiger partial charge in [0.25, 0.3) is 0 Å². The number of nitrogens with zero attached hydrogens (tertiary/aromatic N) is 2. The fourth-order valence-electron chi connectivity index (χ4n) is 1.74. The summed E-state index contributed by atoms with van der Waals surface area (Å²) in [6.07, 6.45) is 0. The highest BCUT2D eigenvalue weighted by Gasteiger charge is 2.37. The van der Waals surface area contributed by atoms with E-state index in [0.717, 1.165) is 11.4 Å². The van der Waals surface area contributed by atoms with Gasteiger partial charge in [0.15, 0.2) is 8.32 Å². The molecule has 0 amide bonds. The van der Waals surface area contributed by atoms with Crippen molar-refractivity contribution in [3.05, 3.63) is 17.5 Å². The fourth-order valence-corrected chi connectivity index (χ4v) is 2.68. The molecule has 5 heteroatoms. The van der Waals surface area contributed by atoms with E-state index in [1.54, 1.807) is 7.11 Å². The summed E-state index contributed by atoms with van der Waals surface area (Å²) in [7, 11) is 1.94. The maximum atomic E-state index is 6.22. The first-order chi connectivity index (χ1) is 8.90. The van der Waals surface area contributed by atoms with Crippen molar-refractivity contribution in [3.8, 4) is 0 Å². The summed E-state index contributed by atoms with van der Waals surface area (Å²) in [5.41, 5.74) is 1.70. The molecule has 20 heavy (non-hydrogen) atoms. The third-order valence-corrected chi connectivity index (χ3v) is 8.92. The van der Waals surface area contributed by atoms with Gasteiger partial charge in [0, 0.05) is 14.2 Å². The number of ether oxygens (including phenoxy) is 1. The molecule has 1 aromatic rings. The minimum atomic E-state index is -1.73. The molecule has 0 N–H and O–H groups in total. The Morgan fingerprint density at radius 2 is 1.75 bits per heavy atom. The van der Waals surface area contributed by atoms with Gasteiger partial charge in [-0.15, -0.1) is 0 Å². The molecule has 0 aliphatic rings. The van der Waals surface area contributed by atoms with Crippen LogP contribution >= 0.6 is 0 Å². The first-order valence-electron chi connectivity index (χ1n) is 7.13. The molecule has 0 radical (unpaired) electrons. The van der Waals surface area contributed by atoms with Crippen molar-refractivity contribution in [2.75, 3.05) is 7.11 Å². The number of hydrogen-bond acceptors (Lipinski definition) is 3. The van der Waals surface area contributed by atoms with E-state index in [0.29, 0.717) is 6.61 Å². The third kappa shape index (κ3) is 3.71. The summed E-state index contributed by atoms with van der Waals surface area (Å²) < 4.78 is 13.6. The van der Waals surface area contributed by atoms with Crippen molar-refractivity contribution in [1.82, 2.24) is 9.78 Å². The number of rotatable bonds is 5. The molecule has 0 fully saturated rings. The summed E-state index contributed by atoms with van der Waals surface area (Å²) in [4.78, 5) is 0. The Labute approximate surface area is 124 Å². The number of aromatic nitrogens is 2. The van der Waals surface area contributed by atoms with Gasteiger partial charge in [-0.3, -0.25) is 4.68 Å². The van der Waals surface area contributed by atoms with E-state index in [4.69, 9.17) is 9.16 Å². The van der Waals surface area contributed by atoms with Gasteiger partial charge in [0.1, 0.15) is 5.60 Å². The van der Waals surface area contributed by atoms with Crippen LogP contribution in [0, 0.1) is 0 Å². The van der Waals surface area contributed by atoms with Gasteiger partial charge in [0.05, 0.1) is 18.0 Å². The summed E-state index contributed by atoms with van der Waals surface area (Å²) in [6.45, 7) is 15.9. The highest BCUT2D eigenvalue weighted by molar-refractivity contribution is 6.74. The maximum Gasteiger partial charge on any atom is 0.192 e. The van der Waals surface area contributed by atoms with Crippen LogP contribution in [0.4, 0.5) is 0 Å². The highest BCUT2D eigenvalue weighted by atomic mass is 28.4. The minimum absolute atomic E-state index is 0.219. The smallest absolute Gasteiger partial charge is 0.192 e. The van der Waals surface area contributed by atoms with Gasteiger partial charge >= 0.3 is 0 Å². The summed E-state index contributed by atoms with van der Waals surface area (Å²) in [5.74, 6) is 0. The molecular formula is C15H30N2O2Si. The molecule has 0 bridgehead atoms. The normalized spacial score (nSPS) is 13.8. The second kappa shape index (κ2) is 5.62. The molecule has 116 valence electrons. The molecule has 0 unspecified atom stereocenters. The van der Waals surface area contributed by atoms with Crippen LogP contribution in [-0.4, -0.2) is 25.2 Å². The van der Waals surface area contributed by atoms with Crippen molar-refractivity contribution in [2.45, 2.75) is 65.0 Å². The minimum Gasteiger partial charge on any atom is -0.411 e. The first-order valence-corrected chi connectivity index (χ1v) is 10.0. The van der Waals surface area contributed by atoms with Crippen molar-refractivity contribution < 1.29 is 9.16 Å². The topological polar surface area (TPSA) is 36.3 Å². The van der Waals surface area contributed by atoms with Crippen LogP contribution in [0.15, 0.2) is 6.07 Å². The van der Waals surface area contributed by atoms with E-state index in [2.05, 4.69) is 45.0 Å². The number of hydrogen-bond donors (Lipinski definition) is 0. The second-order valence-electron chi connectivity index (χ2n) is 7.41. The zero-order chi connectivity index (χ0) is 15.8. The largest absolute Gasteiger partial charge is 0.411 e. The molecular weight excluding hydrogens is 268 g/mol. The van der Waals surface area contributed by atoms with Crippen LogP contribution in [0.3, 0.4) is 0 Å². The monoisotopic (exact) mass is 298 g/mol.